The summed E-state index contributed by atoms with van der Waals surface area (Å²) in [6, 6.07) is 8.88. The van der Waals surface area contributed by atoms with Crippen LogP contribution in [0.25, 0.3) is 0 Å². The number of aromatic nitrogens is 2. The summed E-state index contributed by atoms with van der Waals surface area (Å²) in [4.78, 5) is 2.45. The third-order valence-corrected chi connectivity index (χ3v) is 4.38. The summed E-state index contributed by atoms with van der Waals surface area (Å²) >= 11 is 0. The van der Waals surface area contributed by atoms with E-state index in [1.807, 2.05) is 17.9 Å². The number of nitrogens with zero attached hydrogens (tertiary/aromatic N) is 3. The lowest BCUT2D eigenvalue weighted by atomic mass is 9.97. The number of nitrogens with two attached hydrogens (primary N) is 1. The molecule has 1 aromatic carbocycles. The normalized spacial score (nSPS) is 16.1. The van der Waals surface area contributed by atoms with E-state index in [0.29, 0.717) is 6.54 Å². The maximum Gasteiger partial charge on any atom is 0.0698 e. The van der Waals surface area contributed by atoms with E-state index in [9.17, 15) is 0 Å². The number of para-hydroxylation sites is 1. The monoisotopic (exact) mass is 270 g/mol. The maximum absolute atomic E-state index is 6.09. The minimum Gasteiger partial charge on any atom is -0.363 e. The summed E-state index contributed by atoms with van der Waals surface area (Å²) in [5.74, 6) is 0. The third kappa shape index (κ3) is 2.10. The molecule has 0 saturated heterocycles. The van der Waals surface area contributed by atoms with Crippen LogP contribution in [0.3, 0.4) is 0 Å². The molecule has 2 aromatic rings. The molecule has 4 heteroatoms. The van der Waals surface area contributed by atoms with Crippen molar-refractivity contribution < 1.29 is 0 Å². The summed E-state index contributed by atoms with van der Waals surface area (Å²) in [5.41, 5.74) is 11.3. The SMILES string of the molecule is Cc1c(C(CN)N2CCCc3ccccc32)cnn1C. The lowest BCUT2D eigenvalue weighted by Crippen LogP contribution is -2.37. The zero-order valence-electron chi connectivity index (χ0n) is 12.2. The molecule has 4 nitrogen and oxygen atoms in total. The molecular formula is C16H22N4. The first-order chi connectivity index (χ1) is 9.72. The predicted molar refractivity (Wildman–Crippen MR) is 81.8 cm³/mol. The van der Waals surface area contributed by atoms with Gasteiger partial charge in [-0.05, 0) is 31.4 Å². The van der Waals surface area contributed by atoms with Crippen LogP contribution < -0.4 is 10.6 Å². The summed E-state index contributed by atoms with van der Waals surface area (Å²) in [6.07, 6.45) is 4.31. The number of hydrogen-bond acceptors (Lipinski definition) is 3. The van der Waals surface area contributed by atoms with Gasteiger partial charge >= 0.3 is 0 Å². The Morgan fingerprint density at radius 3 is 2.85 bits per heavy atom. The van der Waals surface area contributed by atoms with E-state index in [-0.39, 0.29) is 6.04 Å². The van der Waals surface area contributed by atoms with Crippen LogP contribution in [0.1, 0.15) is 29.3 Å². The number of benzene rings is 1. The van der Waals surface area contributed by atoms with Crippen molar-refractivity contribution in [2.24, 2.45) is 12.8 Å². The quantitative estimate of drug-likeness (QED) is 0.930. The van der Waals surface area contributed by atoms with Crippen molar-refractivity contribution in [1.82, 2.24) is 9.78 Å². The fraction of sp³-hybridized carbons (Fsp3) is 0.438. The molecule has 20 heavy (non-hydrogen) atoms. The highest BCUT2D eigenvalue weighted by atomic mass is 15.3. The lowest BCUT2D eigenvalue weighted by Gasteiger charge is -2.37. The van der Waals surface area contributed by atoms with E-state index in [1.165, 1.54) is 28.9 Å². The Balaban J connectivity index is 2.01. The molecule has 2 heterocycles. The Morgan fingerprint density at radius 1 is 1.35 bits per heavy atom. The van der Waals surface area contributed by atoms with Crippen LogP contribution in [0.4, 0.5) is 5.69 Å². The zero-order chi connectivity index (χ0) is 14.1. The summed E-state index contributed by atoms with van der Waals surface area (Å²) in [6.45, 7) is 3.79. The van der Waals surface area contributed by atoms with Gasteiger partial charge in [0.2, 0.25) is 0 Å². The summed E-state index contributed by atoms with van der Waals surface area (Å²) in [7, 11) is 1.98. The molecule has 1 aliphatic heterocycles. The first-order valence-electron chi connectivity index (χ1n) is 7.25. The van der Waals surface area contributed by atoms with Crippen molar-refractivity contribution in [2.45, 2.75) is 25.8 Å². The second kappa shape index (κ2) is 5.29. The van der Waals surface area contributed by atoms with Crippen molar-refractivity contribution in [3.05, 3.63) is 47.3 Å². The molecule has 0 bridgehead atoms. The van der Waals surface area contributed by atoms with Crippen molar-refractivity contribution in [2.75, 3.05) is 18.0 Å². The Kier molecular flexibility index (Phi) is 3.49. The van der Waals surface area contributed by atoms with Gasteiger partial charge in [0.25, 0.3) is 0 Å². The van der Waals surface area contributed by atoms with Crippen molar-refractivity contribution >= 4 is 5.69 Å². The average molecular weight is 270 g/mol. The smallest absolute Gasteiger partial charge is 0.0698 e. The van der Waals surface area contributed by atoms with Crippen LogP contribution in [-0.2, 0) is 13.5 Å². The highest BCUT2D eigenvalue weighted by Gasteiger charge is 2.26. The third-order valence-electron chi connectivity index (χ3n) is 4.38. The first-order valence-corrected chi connectivity index (χ1v) is 7.25. The molecule has 0 radical (unpaired) electrons. The number of rotatable bonds is 3. The molecule has 106 valence electrons. The molecule has 0 amide bonds. The second-order valence-corrected chi connectivity index (χ2v) is 5.49. The van der Waals surface area contributed by atoms with Crippen molar-refractivity contribution in [3.8, 4) is 0 Å². The van der Waals surface area contributed by atoms with Gasteiger partial charge in [-0.25, -0.2) is 0 Å². The van der Waals surface area contributed by atoms with Gasteiger partial charge in [-0.3, -0.25) is 4.68 Å². The van der Waals surface area contributed by atoms with Crippen molar-refractivity contribution in [3.63, 3.8) is 0 Å². The fourth-order valence-corrected chi connectivity index (χ4v) is 3.15. The Hall–Kier alpha value is -1.81. The van der Waals surface area contributed by atoms with Crippen LogP contribution in [0.2, 0.25) is 0 Å². The first kappa shape index (κ1) is 13.2. The molecule has 2 N–H and O–H groups in total. The number of aryl methyl sites for hydroxylation is 2. The standard InChI is InChI=1S/C16H22N4/c1-12-14(11-18-19(12)2)16(10-17)20-9-5-7-13-6-3-4-8-15(13)20/h3-4,6,8,11,16H,5,7,9-10,17H2,1-2H3. The van der Waals surface area contributed by atoms with Gasteiger partial charge in [0.1, 0.15) is 0 Å². The molecule has 1 atom stereocenters. The Morgan fingerprint density at radius 2 is 2.15 bits per heavy atom. The van der Waals surface area contributed by atoms with Crippen LogP contribution in [0, 0.1) is 6.92 Å². The molecule has 0 spiro atoms. The number of fused-ring (bicyclic) bond motifs is 1. The topological polar surface area (TPSA) is 47.1 Å². The van der Waals surface area contributed by atoms with Gasteiger partial charge in [0.05, 0.1) is 12.2 Å². The van der Waals surface area contributed by atoms with Crippen LogP contribution >= 0.6 is 0 Å². The Bertz CT molecular complexity index is 602. The number of anilines is 1. The average Bonchev–Trinajstić information content (AvgIpc) is 2.81. The van der Waals surface area contributed by atoms with Crippen molar-refractivity contribution in [1.29, 1.82) is 0 Å². The van der Waals surface area contributed by atoms with E-state index in [2.05, 4.69) is 41.2 Å². The molecule has 0 aliphatic carbocycles. The van der Waals surface area contributed by atoms with Gasteiger partial charge < -0.3 is 10.6 Å². The minimum atomic E-state index is 0.213. The predicted octanol–water partition coefficient (Wildman–Crippen LogP) is 2.18. The van der Waals surface area contributed by atoms with E-state index >= 15 is 0 Å². The van der Waals surface area contributed by atoms with E-state index in [0.717, 1.165) is 13.0 Å². The highest BCUT2D eigenvalue weighted by Crippen LogP contribution is 2.34. The van der Waals surface area contributed by atoms with Crippen LogP contribution in [0.5, 0.6) is 0 Å². The van der Waals surface area contributed by atoms with Crippen LogP contribution in [0.15, 0.2) is 30.5 Å². The summed E-state index contributed by atoms with van der Waals surface area (Å²) in [5, 5.41) is 4.37. The highest BCUT2D eigenvalue weighted by molar-refractivity contribution is 5.57. The van der Waals surface area contributed by atoms with E-state index in [4.69, 9.17) is 5.73 Å². The van der Waals surface area contributed by atoms with E-state index in [1.54, 1.807) is 0 Å². The minimum absolute atomic E-state index is 0.213. The van der Waals surface area contributed by atoms with Gasteiger partial charge in [0.15, 0.2) is 0 Å². The zero-order valence-corrected chi connectivity index (χ0v) is 12.2. The Labute approximate surface area is 120 Å². The maximum atomic E-state index is 6.09. The molecule has 1 aliphatic rings. The largest absolute Gasteiger partial charge is 0.363 e. The molecule has 0 fully saturated rings. The number of hydrogen-bond donors (Lipinski definition) is 1. The second-order valence-electron chi connectivity index (χ2n) is 5.49. The van der Waals surface area contributed by atoms with E-state index < -0.39 is 0 Å². The van der Waals surface area contributed by atoms with Gasteiger partial charge in [0, 0.05) is 37.1 Å². The molecule has 3 rings (SSSR count). The van der Waals surface area contributed by atoms with Gasteiger partial charge in [-0.15, -0.1) is 0 Å². The summed E-state index contributed by atoms with van der Waals surface area (Å²) < 4.78 is 1.92. The van der Waals surface area contributed by atoms with Gasteiger partial charge in [-0.1, -0.05) is 18.2 Å². The molecule has 1 unspecified atom stereocenters. The molecule has 1 aromatic heterocycles. The molecular weight excluding hydrogens is 248 g/mol. The lowest BCUT2D eigenvalue weighted by molar-refractivity contribution is 0.584. The fourth-order valence-electron chi connectivity index (χ4n) is 3.15. The molecule has 0 saturated carbocycles. The van der Waals surface area contributed by atoms with Gasteiger partial charge in [-0.2, -0.15) is 5.10 Å². The van der Waals surface area contributed by atoms with Crippen LogP contribution in [-0.4, -0.2) is 22.9 Å².